The predicted molar refractivity (Wildman–Crippen MR) is 355 cm³/mol. The molecule has 2 saturated heterocycles. The Balaban J connectivity index is 1.18. The van der Waals surface area contributed by atoms with Gasteiger partial charge in [0, 0.05) is 84.7 Å². The summed E-state index contributed by atoms with van der Waals surface area (Å²) in [4.78, 5) is 137. The summed E-state index contributed by atoms with van der Waals surface area (Å²) in [7, 11) is 7.22. The summed E-state index contributed by atoms with van der Waals surface area (Å²) in [6.45, 7) is 14.6. The maximum Gasteiger partial charge on any atom is 0.409 e. The van der Waals surface area contributed by atoms with Crippen LogP contribution >= 0.6 is 11.6 Å². The van der Waals surface area contributed by atoms with E-state index in [-0.39, 0.29) is 80.5 Å². The molecule has 0 aliphatic carbocycles. The molecule has 526 valence electrons. The highest BCUT2D eigenvalue weighted by Crippen LogP contribution is 2.49. The van der Waals surface area contributed by atoms with Crippen LogP contribution in [0.5, 0.6) is 5.75 Å². The van der Waals surface area contributed by atoms with Crippen molar-refractivity contribution in [1.82, 2.24) is 36.4 Å². The number of carbonyl (C=O) groups is 10. The third-order valence-electron chi connectivity index (χ3n) is 17.7. The van der Waals surface area contributed by atoms with Crippen LogP contribution in [0, 0.1) is 17.8 Å². The zero-order valence-corrected chi connectivity index (χ0v) is 57.8. The molecule has 27 nitrogen and oxygen atoms in total. The molecule has 3 aliphatic rings. The fraction of sp³-hybridized carbons (Fsp3) is 0.612. The molecule has 0 unspecified atom stereocenters. The molecule has 0 spiro atoms. The van der Waals surface area contributed by atoms with E-state index in [1.54, 1.807) is 76.2 Å². The van der Waals surface area contributed by atoms with Crippen molar-refractivity contribution in [3.63, 3.8) is 0 Å². The maximum absolute atomic E-state index is 14.5. The number of unbranched alkanes of at least 4 members (excludes halogenated alkanes) is 2. The summed E-state index contributed by atoms with van der Waals surface area (Å²) in [6, 6.07) is 5.87. The van der Waals surface area contributed by atoms with E-state index in [1.807, 2.05) is 26.8 Å². The number of benzene rings is 2. The van der Waals surface area contributed by atoms with Gasteiger partial charge in [-0.1, -0.05) is 88.6 Å². The molecule has 10 amide bonds. The zero-order valence-electron chi connectivity index (χ0n) is 57.1. The Morgan fingerprint density at radius 3 is 2.24 bits per heavy atom. The van der Waals surface area contributed by atoms with Gasteiger partial charge in [0.25, 0.3) is 0 Å². The van der Waals surface area contributed by atoms with Crippen molar-refractivity contribution in [2.75, 3.05) is 65.2 Å². The van der Waals surface area contributed by atoms with Gasteiger partial charge in [-0.25, -0.2) is 19.2 Å². The second-order valence-corrected chi connectivity index (χ2v) is 25.6. The van der Waals surface area contributed by atoms with Crippen LogP contribution in [0.15, 0.2) is 60.2 Å². The third kappa shape index (κ3) is 22.3. The first-order valence-corrected chi connectivity index (χ1v) is 32.8. The van der Waals surface area contributed by atoms with E-state index in [0.29, 0.717) is 54.9 Å². The van der Waals surface area contributed by atoms with Gasteiger partial charge in [0.1, 0.15) is 59.4 Å². The van der Waals surface area contributed by atoms with Crippen molar-refractivity contribution in [3.8, 4) is 5.75 Å². The van der Waals surface area contributed by atoms with Crippen molar-refractivity contribution in [1.29, 1.82) is 0 Å². The van der Waals surface area contributed by atoms with Crippen LogP contribution in [0.2, 0.25) is 5.02 Å². The number of carbonyl (C=O) groups excluding carboxylic acids is 10. The van der Waals surface area contributed by atoms with Crippen LogP contribution in [-0.2, 0) is 70.3 Å². The van der Waals surface area contributed by atoms with Gasteiger partial charge in [-0.2, -0.15) is 0 Å². The van der Waals surface area contributed by atoms with E-state index >= 15 is 0 Å². The van der Waals surface area contributed by atoms with Gasteiger partial charge in [-0.15, -0.1) is 0 Å². The van der Waals surface area contributed by atoms with Crippen molar-refractivity contribution in [3.05, 3.63) is 76.3 Å². The molecule has 0 saturated carbocycles. The molecule has 28 heteroatoms. The minimum atomic E-state index is -1.91. The summed E-state index contributed by atoms with van der Waals surface area (Å²) < 4.78 is 35.0. The molecule has 5 rings (SSSR count). The molecule has 2 aromatic rings. The number of aliphatic hydroxyl groups is 1. The number of ether oxygens (including phenoxy) is 6. The third-order valence-corrected chi connectivity index (χ3v) is 18.1. The smallest absolute Gasteiger partial charge is 0.409 e. The first-order valence-electron chi connectivity index (χ1n) is 32.4. The first kappa shape index (κ1) is 77.7. The minimum Gasteiger partial charge on any atom is -0.495 e. The number of fused-ring (bicyclic) bond motifs is 5. The van der Waals surface area contributed by atoms with E-state index in [0.717, 1.165) is 28.9 Å². The number of halogens is 1. The van der Waals surface area contributed by atoms with Crippen molar-refractivity contribution in [2.24, 2.45) is 23.5 Å². The fourth-order valence-corrected chi connectivity index (χ4v) is 11.7. The maximum atomic E-state index is 14.5. The SMILES string of the molecule is CCC(CC)C(=O)NCCCCCC(=O)N[C@H](C(=O)N[C@@H](CCCNC(N)=O)C(=O)Nc1ccc(COC(=O)N(C)CCC(=O)N(C)[C@@H](C)C(=O)O[C@@H]2CC(=O)N(C)c3cc(cc(OC)c3Cl)C/C(C)=C/C=C/[C@@H](OC)[C@@]3(O)C[C@H](OC(=O)N3)[C@@H](C)[C@@H]3O[C@@]23C)cc1)C(C)C. The average Bonchev–Trinajstić information content (AvgIpc) is 1.58. The Morgan fingerprint density at radius 1 is 0.916 bits per heavy atom. The lowest BCUT2D eigenvalue weighted by Gasteiger charge is -2.42. The molecule has 4 bridgehead atoms. The number of rotatable bonds is 29. The number of hydrogen-bond acceptors (Lipinski definition) is 17. The van der Waals surface area contributed by atoms with Gasteiger partial charge < -0.3 is 80.5 Å². The number of nitrogens with one attached hydrogen (secondary N) is 6. The Morgan fingerprint density at radius 2 is 1.60 bits per heavy atom. The number of urea groups is 1. The van der Waals surface area contributed by atoms with E-state index in [9.17, 15) is 53.1 Å². The monoisotopic (exact) mass is 1350 g/mol. The predicted octanol–water partition coefficient (Wildman–Crippen LogP) is 6.30. The Bertz CT molecular complexity index is 3090. The highest BCUT2D eigenvalue weighted by molar-refractivity contribution is 6.35. The lowest BCUT2D eigenvalue weighted by molar-refractivity contribution is -0.162. The molecule has 0 radical (unpaired) electrons. The highest BCUT2D eigenvalue weighted by atomic mass is 35.5. The molecule has 2 aromatic carbocycles. The van der Waals surface area contributed by atoms with Crippen LogP contribution < -0.4 is 47.3 Å². The average molecular weight is 1350 g/mol. The number of alkyl carbamates (subject to hydrolysis) is 1. The van der Waals surface area contributed by atoms with Crippen molar-refractivity contribution >= 4 is 82.6 Å². The van der Waals surface area contributed by atoms with Crippen LogP contribution in [0.4, 0.5) is 25.8 Å². The molecule has 10 atom stereocenters. The molecule has 9 N–H and O–H groups in total. The number of amides is 10. The van der Waals surface area contributed by atoms with Crippen LogP contribution in [0.25, 0.3) is 0 Å². The lowest BCUT2D eigenvalue weighted by atomic mass is 9.83. The number of esters is 1. The van der Waals surface area contributed by atoms with E-state index in [1.165, 1.54) is 52.1 Å². The Hall–Kier alpha value is -8.01. The van der Waals surface area contributed by atoms with E-state index < -0.39 is 114 Å². The summed E-state index contributed by atoms with van der Waals surface area (Å²) in [5.74, 6) is -4.07. The zero-order chi connectivity index (χ0) is 70.5. The van der Waals surface area contributed by atoms with Gasteiger partial charge in [0.2, 0.25) is 35.4 Å². The van der Waals surface area contributed by atoms with Crippen molar-refractivity contribution < 1.29 is 81.5 Å². The van der Waals surface area contributed by atoms with Gasteiger partial charge in [-0.05, 0) is 107 Å². The number of methoxy groups -OCH3 is 2. The van der Waals surface area contributed by atoms with Crippen LogP contribution in [0.3, 0.4) is 0 Å². The van der Waals surface area contributed by atoms with Crippen LogP contribution in [0.1, 0.15) is 137 Å². The minimum absolute atomic E-state index is 0.0213. The van der Waals surface area contributed by atoms with E-state index in [4.69, 9.17) is 45.8 Å². The van der Waals surface area contributed by atoms with Gasteiger partial charge in [0.15, 0.2) is 5.72 Å². The normalized spacial score (nSPS) is 22.9. The molecule has 3 aliphatic heterocycles. The number of epoxide rings is 1. The Kier molecular flexibility index (Phi) is 29.6. The molecular formula is C67H99ClN10O17. The summed E-state index contributed by atoms with van der Waals surface area (Å²) >= 11 is 6.84. The number of likely N-dealkylation sites (N-methyl/N-ethyl adjacent to an activating group) is 1. The number of primary amides is 1. The quantitative estimate of drug-likeness (QED) is 0.0192. The molecule has 3 heterocycles. The largest absolute Gasteiger partial charge is 0.495 e. The molecule has 2 fully saturated rings. The topological polar surface area (TPSA) is 358 Å². The van der Waals surface area contributed by atoms with E-state index in [2.05, 4.69) is 31.9 Å². The summed E-state index contributed by atoms with van der Waals surface area (Å²) in [5.41, 5.74) is 4.81. The Labute approximate surface area is 561 Å². The summed E-state index contributed by atoms with van der Waals surface area (Å²) in [5, 5.41) is 28.3. The molecular weight excluding hydrogens is 1250 g/mol. The highest BCUT2D eigenvalue weighted by Gasteiger charge is 2.64. The van der Waals surface area contributed by atoms with Gasteiger partial charge in [-0.3, -0.25) is 34.1 Å². The summed E-state index contributed by atoms with van der Waals surface area (Å²) in [6.07, 6.45) is 3.10. The standard InChI is InChI=1S/C67H99ClN10O17/c1-14-45(15-2)59(82)70-30-18-16-17-24-53(79)74-57(39(3)4)61(84)73-47(22-20-31-71-63(69)86)60(83)72-46-27-25-43(26-28-46)38-92-65(88)76(9)32-29-54(80)77(10)42(7)62(85)94-52-36-55(81)78(11)48-34-44(35-49(90-12)56(48)68)33-40(5)21-19-23-51(91-13)67(89)37-50(93-64(87)75-67)41(6)58-66(52,8)95-58/h19,21,23,25-28,34-35,39,41-42,45,47,50-52,57-58,89H,14-18,20,22,24,29-33,36-38H2,1-13H3,(H,70,82)(H,72,83)(H,73,84)(H,74,79)(H,75,87)(H3,69,71,86)/b23-19+,40-21+/t41-,42+,47+,50+,51-,52-,57+,58+,66+,67+/m1/s1. The number of nitrogens with zero attached hydrogens (tertiary/aromatic N) is 3. The number of allylic oxidation sites excluding steroid dienone is 3. The molecule has 0 aromatic heterocycles. The van der Waals surface area contributed by atoms with Gasteiger partial charge >= 0.3 is 24.2 Å². The second kappa shape index (κ2) is 36.2. The second-order valence-electron chi connectivity index (χ2n) is 25.2. The first-order chi connectivity index (χ1) is 44.9. The lowest BCUT2D eigenvalue weighted by Crippen LogP contribution is -2.63. The van der Waals surface area contributed by atoms with Crippen LogP contribution in [-0.4, -0.2) is 183 Å². The fourth-order valence-electron chi connectivity index (χ4n) is 11.3. The van der Waals surface area contributed by atoms with Gasteiger partial charge in [0.05, 0.1) is 25.3 Å². The molecule has 95 heavy (non-hydrogen) atoms. The number of anilines is 2. The van der Waals surface area contributed by atoms with Crippen molar-refractivity contribution in [2.45, 2.75) is 193 Å². The number of hydrogen-bond donors (Lipinski definition) is 8. The number of nitrogens with two attached hydrogens (primary N) is 1.